The molecule has 5 heteroatoms. The van der Waals surface area contributed by atoms with Crippen LogP contribution >= 0.6 is 11.8 Å². The minimum Gasteiger partial charge on any atom is -0.493 e. The quantitative estimate of drug-likeness (QED) is 0.491. The molecule has 1 aromatic carbocycles. The first-order chi connectivity index (χ1) is 12.4. The number of thioether (sulfide) groups is 1. The summed E-state index contributed by atoms with van der Waals surface area (Å²) in [6, 6.07) is 9.03. The molecule has 26 heavy (non-hydrogen) atoms. The second-order valence-electron chi connectivity index (χ2n) is 8.16. The second kappa shape index (κ2) is 8.47. The summed E-state index contributed by atoms with van der Waals surface area (Å²) in [5, 5.41) is 9.75. The number of hydrogen-bond acceptors (Lipinski definition) is 4. The van der Waals surface area contributed by atoms with Gasteiger partial charge in [-0.15, -0.1) is 10.2 Å². The highest BCUT2D eigenvalue weighted by Crippen LogP contribution is 2.32. The lowest BCUT2D eigenvalue weighted by Gasteiger charge is -2.25. The lowest BCUT2D eigenvalue weighted by Crippen LogP contribution is -2.15. The van der Waals surface area contributed by atoms with E-state index in [0.717, 1.165) is 22.5 Å². The topological polar surface area (TPSA) is 39.9 Å². The summed E-state index contributed by atoms with van der Waals surface area (Å²) < 4.78 is 8.26. The number of hydrogen-bond donors (Lipinski definition) is 0. The highest BCUT2D eigenvalue weighted by atomic mass is 32.2. The van der Waals surface area contributed by atoms with E-state index in [4.69, 9.17) is 4.74 Å². The average Bonchev–Trinajstić information content (AvgIpc) is 3.00. The van der Waals surface area contributed by atoms with Crippen molar-refractivity contribution in [1.82, 2.24) is 14.8 Å². The molecule has 4 nitrogen and oxygen atoms in total. The number of aryl methyl sites for hydroxylation is 1. The van der Waals surface area contributed by atoms with Crippen molar-refractivity contribution in [2.45, 2.75) is 76.4 Å². The van der Waals surface area contributed by atoms with Gasteiger partial charge in [-0.3, -0.25) is 0 Å². The molecule has 0 atom stereocenters. The van der Waals surface area contributed by atoms with Crippen LogP contribution in [-0.2, 0) is 5.41 Å². The fourth-order valence-electron chi connectivity index (χ4n) is 3.55. The first-order valence-corrected chi connectivity index (χ1v) is 10.7. The van der Waals surface area contributed by atoms with E-state index in [2.05, 4.69) is 66.7 Å². The van der Waals surface area contributed by atoms with Crippen molar-refractivity contribution in [2.24, 2.45) is 0 Å². The lowest BCUT2D eigenvalue weighted by atomic mass is 9.87. The van der Waals surface area contributed by atoms with Crippen molar-refractivity contribution < 1.29 is 4.74 Å². The van der Waals surface area contributed by atoms with Crippen molar-refractivity contribution in [3.8, 4) is 5.75 Å². The number of ether oxygens (including phenoxy) is 1. The van der Waals surface area contributed by atoms with Crippen LogP contribution in [0.5, 0.6) is 5.75 Å². The van der Waals surface area contributed by atoms with Crippen molar-refractivity contribution >= 4 is 11.8 Å². The normalized spacial score (nSPS) is 16.0. The number of benzene rings is 1. The molecular weight excluding hydrogens is 342 g/mol. The third kappa shape index (κ3) is 4.81. The van der Waals surface area contributed by atoms with Gasteiger partial charge in [0.15, 0.2) is 5.16 Å². The second-order valence-corrected chi connectivity index (χ2v) is 9.22. The Balaban J connectivity index is 1.51. The molecule has 0 unspecified atom stereocenters. The highest BCUT2D eigenvalue weighted by molar-refractivity contribution is 7.99. The lowest BCUT2D eigenvalue weighted by molar-refractivity contribution is 0.330. The average molecular weight is 374 g/mol. The van der Waals surface area contributed by atoms with E-state index in [-0.39, 0.29) is 5.41 Å². The fourth-order valence-corrected chi connectivity index (χ4v) is 4.42. The van der Waals surface area contributed by atoms with Crippen LogP contribution in [0.4, 0.5) is 0 Å². The Hall–Kier alpha value is -1.49. The van der Waals surface area contributed by atoms with Crippen LogP contribution < -0.4 is 4.74 Å². The van der Waals surface area contributed by atoms with Gasteiger partial charge >= 0.3 is 0 Å². The summed E-state index contributed by atoms with van der Waals surface area (Å²) in [7, 11) is 0. The minimum absolute atomic E-state index is 0.176. The fraction of sp³-hybridized carbons (Fsp3) is 0.619. The third-order valence-electron chi connectivity index (χ3n) is 5.08. The molecule has 1 saturated carbocycles. The molecule has 142 valence electrons. The first-order valence-electron chi connectivity index (χ1n) is 9.73. The molecular formula is C21H31N3OS. The predicted molar refractivity (Wildman–Crippen MR) is 108 cm³/mol. The van der Waals surface area contributed by atoms with Crippen LogP contribution in [0.15, 0.2) is 29.4 Å². The zero-order chi connectivity index (χ0) is 18.6. The third-order valence-corrected chi connectivity index (χ3v) is 5.99. The van der Waals surface area contributed by atoms with E-state index >= 15 is 0 Å². The maximum atomic E-state index is 5.91. The zero-order valence-electron chi connectivity index (χ0n) is 16.5. The number of aromatic nitrogens is 3. The van der Waals surface area contributed by atoms with Gasteiger partial charge in [0.25, 0.3) is 0 Å². The van der Waals surface area contributed by atoms with Gasteiger partial charge in [-0.25, -0.2) is 0 Å². The van der Waals surface area contributed by atoms with Gasteiger partial charge in [0.2, 0.25) is 0 Å². The molecule has 0 N–H and O–H groups in total. The Morgan fingerprint density at radius 3 is 2.42 bits per heavy atom. The van der Waals surface area contributed by atoms with Crippen molar-refractivity contribution in [3.63, 3.8) is 0 Å². The Morgan fingerprint density at radius 1 is 1.08 bits per heavy atom. The number of rotatable bonds is 6. The van der Waals surface area contributed by atoms with Crippen molar-refractivity contribution in [3.05, 3.63) is 35.7 Å². The smallest absolute Gasteiger partial charge is 0.191 e. The zero-order valence-corrected chi connectivity index (χ0v) is 17.3. The monoisotopic (exact) mass is 373 g/mol. The molecule has 1 aromatic heterocycles. The van der Waals surface area contributed by atoms with E-state index in [1.165, 1.54) is 37.7 Å². The molecule has 2 aromatic rings. The summed E-state index contributed by atoms with van der Waals surface area (Å²) in [6.45, 7) is 9.42. The first kappa shape index (κ1) is 19.3. The van der Waals surface area contributed by atoms with Crippen LogP contribution in [0.25, 0.3) is 0 Å². The van der Waals surface area contributed by atoms with E-state index < -0.39 is 0 Å². The SMILES string of the molecule is Cc1nnc(SCCOc2ccc(C(C)(C)C)cc2)n1C1CCCCC1. The van der Waals surface area contributed by atoms with E-state index in [0.29, 0.717) is 12.6 Å². The molecule has 0 radical (unpaired) electrons. The van der Waals surface area contributed by atoms with Gasteiger partial charge in [0.05, 0.1) is 6.61 Å². The maximum absolute atomic E-state index is 5.91. The Bertz CT molecular complexity index is 697. The van der Waals surface area contributed by atoms with E-state index in [1.54, 1.807) is 11.8 Å². The Morgan fingerprint density at radius 2 is 1.77 bits per heavy atom. The molecule has 0 amide bonds. The molecule has 3 rings (SSSR count). The Kier molecular flexibility index (Phi) is 6.28. The molecule has 1 aliphatic carbocycles. The van der Waals surface area contributed by atoms with E-state index in [1.807, 2.05) is 0 Å². The van der Waals surface area contributed by atoms with Crippen LogP contribution in [0, 0.1) is 6.92 Å². The van der Waals surface area contributed by atoms with Crippen LogP contribution in [0.1, 0.15) is 70.3 Å². The summed E-state index contributed by atoms with van der Waals surface area (Å²) in [4.78, 5) is 0. The molecule has 0 saturated heterocycles. The van der Waals surface area contributed by atoms with Gasteiger partial charge in [-0.2, -0.15) is 0 Å². The summed E-state index contributed by atoms with van der Waals surface area (Å²) in [5.74, 6) is 2.85. The van der Waals surface area contributed by atoms with Crippen LogP contribution in [0.2, 0.25) is 0 Å². The standard InChI is InChI=1S/C21H31N3OS/c1-16-22-23-20(24(16)18-8-6-5-7-9-18)26-15-14-25-19-12-10-17(11-13-19)21(2,3)4/h10-13,18H,5-9,14-15H2,1-4H3. The molecule has 0 bridgehead atoms. The highest BCUT2D eigenvalue weighted by Gasteiger charge is 2.21. The van der Waals surface area contributed by atoms with Gasteiger partial charge in [-0.1, -0.05) is 63.9 Å². The Labute approximate surface area is 161 Å². The van der Waals surface area contributed by atoms with Gasteiger partial charge < -0.3 is 9.30 Å². The predicted octanol–water partition coefficient (Wildman–Crippen LogP) is 5.56. The minimum atomic E-state index is 0.176. The summed E-state index contributed by atoms with van der Waals surface area (Å²) >= 11 is 1.75. The largest absolute Gasteiger partial charge is 0.493 e. The molecule has 1 aliphatic rings. The molecule has 0 spiro atoms. The molecule has 1 fully saturated rings. The van der Waals surface area contributed by atoms with Gasteiger partial charge in [0, 0.05) is 11.8 Å². The van der Waals surface area contributed by atoms with Crippen LogP contribution in [0.3, 0.4) is 0 Å². The maximum Gasteiger partial charge on any atom is 0.191 e. The van der Waals surface area contributed by atoms with E-state index in [9.17, 15) is 0 Å². The summed E-state index contributed by atoms with van der Waals surface area (Å²) in [5.41, 5.74) is 1.50. The van der Waals surface area contributed by atoms with Gasteiger partial charge in [0.1, 0.15) is 11.6 Å². The van der Waals surface area contributed by atoms with Crippen molar-refractivity contribution in [2.75, 3.05) is 12.4 Å². The van der Waals surface area contributed by atoms with Crippen LogP contribution in [-0.4, -0.2) is 27.1 Å². The summed E-state index contributed by atoms with van der Waals surface area (Å²) in [6.07, 6.45) is 6.51. The van der Waals surface area contributed by atoms with Gasteiger partial charge in [-0.05, 0) is 42.9 Å². The molecule has 0 aliphatic heterocycles. The number of nitrogens with zero attached hydrogens (tertiary/aromatic N) is 3. The molecule has 1 heterocycles. The van der Waals surface area contributed by atoms with Crippen molar-refractivity contribution in [1.29, 1.82) is 0 Å².